The van der Waals surface area contributed by atoms with Gasteiger partial charge >= 0.3 is 0 Å². The van der Waals surface area contributed by atoms with Gasteiger partial charge in [0.2, 0.25) is 11.8 Å². The number of nitrogens with zero attached hydrogens (tertiary/aromatic N) is 2. The predicted molar refractivity (Wildman–Crippen MR) is 126 cm³/mol. The number of likely N-dealkylation sites (N-methyl/N-ethyl adjacent to an activating group) is 1. The number of anilines is 1. The summed E-state index contributed by atoms with van der Waals surface area (Å²) in [6.07, 6.45) is 3.55. The summed E-state index contributed by atoms with van der Waals surface area (Å²) in [4.78, 5) is 30.9. The van der Waals surface area contributed by atoms with Crippen molar-refractivity contribution in [2.24, 2.45) is 5.92 Å². The molecular weight excluding hydrogens is 414 g/mol. The number of piperidine rings is 1. The standard InChI is InChI=1S/C26H31N5O2/c1-30(26(12-13-26)18-8-3-2-4-9-18)25(33)23-19-16-31(14-11-21(19)28-29-23)24(32)22-15-17-7-5-6-10-20(17)27-22/h2-10,19,21-23,27-29H,11-16H2,1H3. The lowest BCUT2D eigenvalue weighted by Gasteiger charge is -2.38. The van der Waals surface area contributed by atoms with Crippen molar-refractivity contribution < 1.29 is 9.59 Å². The molecule has 3 fully saturated rings. The van der Waals surface area contributed by atoms with Crippen LogP contribution in [-0.2, 0) is 21.5 Å². The van der Waals surface area contributed by atoms with E-state index in [0.717, 1.165) is 31.4 Å². The van der Waals surface area contributed by atoms with Gasteiger partial charge in [0, 0.05) is 44.2 Å². The van der Waals surface area contributed by atoms with Crippen LogP contribution in [0.3, 0.4) is 0 Å². The van der Waals surface area contributed by atoms with Crippen LogP contribution in [0.1, 0.15) is 30.4 Å². The number of hydrogen-bond acceptors (Lipinski definition) is 5. The quantitative estimate of drug-likeness (QED) is 0.670. The number of carbonyl (C=O) groups excluding carboxylic acids is 2. The van der Waals surface area contributed by atoms with Crippen LogP contribution in [0.15, 0.2) is 54.6 Å². The Balaban J connectivity index is 1.15. The lowest BCUT2D eigenvalue weighted by atomic mass is 9.87. The number of amides is 2. The molecule has 3 heterocycles. The molecule has 2 aromatic carbocycles. The largest absolute Gasteiger partial charge is 0.373 e. The van der Waals surface area contributed by atoms with Crippen LogP contribution in [0.2, 0.25) is 0 Å². The fraction of sp³-hybridized carbons (Fsp3) is 0.462. The molecule has 2 saturated heterocycles. The third kappa shape index (κ3) is 3.42. The zero-order valence-corrected chi connectivity index (χ0v) is 19.0. The maximum atomic E-state index is 13.6. The predicted octanol–water partition coefficient (Wildman–Crippen LogP) is 1.86. The van der Waals surface area contributed by atoms with E-state index in [4.69, 9.17) is 0 Å². The summed E-state index contributed by atoms with van der Waals surface area (Å²) in [5.41, 5.74) is 9.89. The monoisotopic (exact) mass is 445 g/mol. The van der Waals surface area contributed by atoms with Crippen LogP contribution in [0, 0.1) is 5.92 Å². The van der Waals surface area contributed by atoms with Gasteiger partial charge in [0.15, 0.2) is 0 Å². The second-order valence-corrected chi connectivity index (χ2v) is 9.96. The molecule has 1 saturated carbocycles. The number of hydrazine groups is 1. The van der Waals surface area contributed by atoms with Crippen LogP contribution in [0.4, 0.5) is 5.69 Å². The fourth-order valence-corrected chi connectivity index (χ4v) is 6.02. The minimum atomic E-state index is -0.328. The molecule has 3 aliphatic heterocycles. The second-order valence-electron chi connectivity index (χ2n) is 9.96. The third-order valence-electron chi connectivity index (χ3n) is 8.16. The first kappa shape index (κ1) is 20.7. The van der Waals surface area contributed by atoms with Crippen LogP contribution >= 0.6 is 0 Å². The summed E-state index contributed by atoms with van der Waals surface area (Å²) in [6, 6.07) is 18.1. The van der Waals surface area contributed by atoms with Crippen molar-refractivity contribution >= 4 is 17.5 Å². The highest BCUT2D eigenvalue weighted by Crippen LogP contribution is 2.50. The van der Waals surface area contributed by atoms with E-state index in [1.54, 1.807) is 0 Å². The molecule has 0 spiro atoms. The number of hydrogen-bond donors (Lipinski definition) is 3. The summed E-state index contributed by atoms with van der Waals surface area (Å²) < 4.78 is 0. The van der Waals surface area contributed by atoms with Gasteiger partial charge in [-0.25, -0.2) is 5.43 Å². The Bertz CT molecular complexity index is 1040. The maximum Gasteiger partial charge on any atom is 0.245 e. The Morgan fingerprint density at radius 3 is 2.55 bits per heavy atom. The normalized spacial score (nSPS) is 29.1. The molecule has 4 aliphatic rings. The minimum Gasteiger partial charge on any atom is -0.373 e. The highest BCUT2D eigenvalue weighted by atomic mass is 16.2. The van der Waals surface area contributed by atoms with Gasteiger partial charge in [0.05, 0.1) is 5.54 Å². The fourth-order valence-electron chi connectivity index (χ4n) is 6.02. The van der Waals surface area contributed by atoms with Crippen LogP contribution in [0.25, 0.3) is 0 Å². The maximum absolute atomic E-state index is 13.6. The van der Waals surface area contributed by atoms with E-state index in [0.29, 0.717) is 13.1 Å². The zero-order valence-electron chi connectivity index (χ0n) is 19.0. The Kier molecular flexibility index (Phi) is 4.92. The van der Waals surface area contributed by atoms with Crippen molar-refractivity contribution in [2.75, 3.05) is 25.5 Å². The van der Waals surface area contributed by atoms with Gasteiger partial charge in [0.25, 0.3) is 0 Å². The summed E-state index contributed by atoms with van der Waals surface area (Å²) in [5, 5.41) is 3.39. The molecule has 172 valence electrons. The van der Waals surface area contributed by atoms with E-state index in [9.17, 15) is 9.59 Å². The first-order chi connectivity index (χ1) is 16.1. The smallest absolute Gasteiger partial charge is 0.245 e. The number of nitrogens with one attached hydrogen (secondary N) is 3. The molecular formula is C26H31N5O2. The number of likely N-dealkylation sites (tertiary alicyclic amines) is 1. The van der Waals surface area contributed by atoms with Crippen molar-refractivity contribution in [3.63, 3.8) is 0 Å². The Morgan fingerprint density at radius 1 is 1.03 bits per heavy atom. The molecule has 1 aliphatic carbocycles. The van der Waals surface area contributed by atoms with E-state index >= 15 is 0 Å². The van der Waals surface area contributed by atoms with Gasteiger partial charge in [-0.2, -0.15) is 0 Å². The van der Waals surface area contributed by atoms with Crippen LogP contribution in [-0.4, -0.2) is 59.9 Å². The number of benzene rings is 2. The number of fused-ring (bicyclic) bond motifs is 2. The van der Waals surface area contributed by atoms with Crippen molar-refractivity contribution in [3.05, 3.63) is 65.7 Å². The summed E-state index contributed by atoms with van der Waals surface area (Å²) in [5.74, 6) is 0.309. The molecule has 0 radical (unpaired) electrons. The average Bonchev–Trinajstić information content (AvgIpc) is 3.38. The lowest BCUT2D eigenvalue weighted by Crippen LogP contribution is -2.55. The molecule has 0 bridgehead atoms. The average molecular weight is 446 g/mol. The van der Waals surface area contributed by atoms with Crippen LogP contribution in [0.5, 0.6) is 0 Å². The minimum absolute atomic E-state index is 0.0630. The van der Waals surface area contributed by atoms with Gasteiger partial charge in [-0.3, -0.25) is 15.0 Å². The van der Waals surface area contributed by atoms with Crippen molar-refractivity contribution in [2.45, 2.75) is 49.3 Å². The first-order valence-electron chi connectivity index (χ1n) is 12.0. The Hall–Kier alpha value is -2.90. The molecule has 6 rings (SSSR count). The Morgan fingerprint density at radius 2 is 1.79 bits per heavy atom. The molecule has 4 atom stereocenters. The van der Waals surface area contributed by atoms with Crippen molar-refractivity contribution in [1.82, 2.24) is 20.7 Å². The van der Waals surface area contributed by atoms with Gasteiger partial charge in [0.1, 0.15) is 12.1 Å². The summed E-state index contributed by atoms with van der Waals surface area (Å²) in [6.45, 7) is 1.31. The van der Waals surface area contributed by atoms with Crippen molar-refractivity contribution in [1.29, 1.82) is 0 Å². The van der Waals surface area contributed by atoms with Crippen LogP contribution < -0.4 is 16.2 Å². The van der Waals surface area contributed by atoms with E-state index in [1.165, 1.54) is 11.1 Å². The number of rotatable bonds is 4. The van der Waals surface area contributed by atoms with Gasteiger partial charge in [-0.05, 0) is 36.5 Å². The molecule has 7 nitrogen and oxygen atoms in total. The van der Waals surface area contributed by atoms with Gasteiger partial charge in [-0.15, -0.1) is 0 Å². The first-order valence-corrected chi connectivity index (χ1v) is 12.0. The van der Waals surface area contributed by atoms with E-state index in [-0.39, 0.29) is 41.4 Å². The molecule has 2 aromatic rings. The van der Waals surface area contributed by atoms with E-state index in [1.807, 2.05) is 53.2 Å². The molecule has 0 aromatic heterocycles. The molecule has 7 heteroatoms. The second kappa shape index (κ2) is 7.85. The van der Waals surface area contributed by atoms with Gasteiger partial charge < -0.3 is 15.1 Å². The molecule has 3 N–H and O–H groups in total. The highest BCUT2D eigenvalue weighted by Gasteiger charge is 2.53. The zero-order chi connectivity index (χ0) is 22.6. The van der Waals surface area contributed by atoms with E-state index < -0.39 is 0 Å². The highest BCUT2D eigenvalue weighted by molar-refractivity contribution is 5.88. The van der Waals surface area contributed by atoms with Gasteiger partial charge in [-0.1, -0.05) is 48.5 Å². The topological polar surface area (TPSA) is 76.7 Å². The SMILES string of the molecule is CN(C(=O)C1NNC2CCN(C(=O)C3Cc4ccccc4N3)CC21)C1(c2ccccc2)CC1. The summed E-state index contributed by atoms with van der Waals surface area (Å²) >= 11 is 0. The molecule has 2 amide bonds. The molecule has 4 unspecified atom stereocenters. The Labute approximate surface area is 194 Å². The third-order valence-corrected chi connectivity index (χ3v) is 8.16. The van der Waals surface area contributed by atoms with E-state index in [2.05, 4.69) is 34.4 Å². The molecule has 33 heavy (non-hydrogen) atoms. The number of para-hydroxylation sites is 1. The summed E-state index contributed by atoms with van der Waals surface area (Å²) in [7, 11) is 1.93. The number of carbonyl (C=O) groups is 2. The lowest BCUT2D eigenvalue weighted by molar-refractivity contribution is -0.139. The van der Waals surface area contributed by atoms with Crippen molar-refractivity contribution in [3.8, 4) is 0 Å².